The summed E-state index contributed by atoms with van der Waals surface area (Å²) in [7, 11) is 0. The van der Waals surface area contributed by atoms with Crippen molar-refractivity contribution in [1.29, 1.82) is 0 Å². The Bertz CT molecular complexity index is 362. The second-order valence-corrected chi connectivity index (χ2v) is 4.31. The zero-order valence-corrected chi connectivity index (χ0v) is 11.2. The molecule has 0 amide bonds. The van der Waals surface area contributed by atoms with Gasteiger partial charge in [0.1, 0.15) is 5.82 Å². The minimum Gasteiger partial charge on any atom is -0.349 e. The number of hydrogen-bond donors (Lipinski definition) is 1. The summed E-state index contributed by atoms with van der Waals surface area (Å²) >= 11 is 5.32. The molecule has 0 atom stereocenters. The first-order valence-corrected chi connectivity index (χ1v) is 6.39. The third kappa shape index (κ3) is 4.69. The van der Waals surface area contributed by atoms with Gasteiger partial charge in [0.15, 0.2) is 5.11 Å². The van der Waals surface area contributed by atoms with Crippen molar-refractivity contribution in [1.82, 2.24) is 4.90 Å². The Balaban J connectivity index is 2.62. The minimum absolute atomic E-state index is 0.254. The molecule has 1 rings (SSSR count). The highest BCUT2D eigenvalue weighted by Crippen LogP contribution is 2.10. The van der Waals surface area contributed by atoms with Crippen molar-refractivity contribution in [2.75, 3.05) is 18.4 Å². The van der Waals surface area contributed by atoms with Gasteiger partial charge in [0.05, 0.1) is 0 Å². The molecule has 0 saturated heterocycles. The Morgan fingerprint density at radius 3 is 2.47 bits per heavy atom. The SMILES string of the molecule is CCCN(CCC)C(=S)Nc1cccc(F)c1. The Labute approximate surface area is 108 Å². The van der Waals surface area contributed by atoms with Gasteiger partial charge < -0.3 is 10.2 Å². The van der Waals surface area contributed by atoms with E-state index in [4.69, 9.17) is 12.2 Å². The third-order valence-corrected chi connectivity index (χ3v) is 2.71. The van der Waals surface area contributed by atoms with Gasteiger partial charge in [-0.2, -0.15) is 0 Å². The maximum atomic E-state index is 13.0. The molecular formula is C13H19FN2S. The van der Waals surface area contributed by atoms with Gasteiger partial charge in [0.2, 0.25) is 0 Å². The van der Waals surface area contributed by atoms with Crippen molar-refractivity contribution >= 4 is 23.0 Å². The molecule has 0 bridgehead atoms. The maximum Gasteiger partial charge on any atom is 0.173 e. The summed E-state index contributed by atoms with van der Waals surface area (Å²) in [5.74, 6) is -0.254. The highest BCUT2D eigenvalue weighted by Gasteiger charge is 2.07. The molecule has 0 aliphatic rings. The zero-order valence-electron chi connectivity index (χ0n) is 10.4. The molecule has 0 aliphatic carbocycles. The Morgan fingerprint density at radius 1 is 1.29 bits per heavy atom. The van der Waals surface area contributed by atoms with E-state index in [1.807, 2.05) is 6.07 Å². The quantitative estimate of drug-likeness (QED) is 0.808. The first kappa shape index (κ1) is 13.9. The van der Waals surface area contributed by atoms with Crippen LogP contribution >= 0.6 is 12.2 Å². The van der Waals surface area contributed by atoms with Crippen molar-refractivity contribution < 1.29 is 4.39 Å². The van der Waals surface area contributed by atoms with Crippen molar-refractivity contribution in [3.63, 3.8) is 0 Å². The van der Waals surface area contributed by atoms with Crippen LogP contribution in [0, 0.1) is 5.82 Å². The average Bonchev–Trinajstić information content (AvgIpc) is 2.28. The molecule has 1 aromatic carbocycles. The number of anilines is 1. The van der Waals surface area contributed by atoms with Gasteiger partial charge in [0, 0.05) is 18.8 Å². The molecule has 1 N–H and O–H groups in total. The van der Waals surface area contributed by atoms with Gasteiger partial charge >= 0.3 is 0 Å². The zero-order chi connectivity index (χ0) is 12.7. The number of nitrogens with zero attached hydrogens (tertiary/aromatic N) is 1. The van der Waals surface area contributed by atoms with E-state index in [0.29, 0.717) is 10.8 Å². The van der Waals surface area contributed by atoms with Crippen LogP contribution in [0.5, 0.6) is 0 Å². The number of halogens is 1. The Morgan fingerprint density at radius 2 is 1.94 bits per heavy atom. The minimum atomic E-state index is -0.254. The van der Waals surface area contributed by atoms with Gasteiger partial charge in [-0.15, -0.1) is 0 Å². The molecular weight excluding hydrogens is 235 g/mol. The highest BCUT2D eigenvalue weighted by molar-refractivity contribution is 7.80. The second-order valence-electron chi connectivity index (χ2n) is 3.93. The lowest BCUT2D eigenvalue weighted by atomic mass is 10.3. The molecule has 2 nitrogen and oxygen atoms in total. The van der Waals surface area contributed by atoms with Crippen molar-refractivity contribution in [2.45, 2.75) is 26.7 Å². The van der Waals surface area contributed by atoms with Crippen LogP contribution in [0.2, 0.25) is 0 Å². The van der Waals surface area contributed by atoms with E-state index in [9.17, 15) is 4.39 Å². The molecule has 1 aromatic rings. The first-order valence-electron chi connectivity index (χ1n) is 5.98. The number of benzene rings is 1. The molecule has 94 valence electrons. The Hall–Kier alpha value is -1.16. The summed E-state index contributed by atoms with van der Waals surface area (Å²) in [6.07, 6.45) is 2.09. The van der Waals surface area contributed by atoms with Crippen LogP contribution in [0.15, 0.2) is 24.3 Å². The lowest BCUT2D eigenvalue weighted by Gasteiger charge is -2.24. The topological polar surface area (TPSA) is 15.3 Å². The summed E-state index contributed by atoms with van der Waals surface area (Å²) in [6.45, 7) is 6.09. The molecule has 0 aliphatic heterocycles. The number of rotatable bonds is 5. The summed E-state index contributed by atoms with van der Waals surface area (Å²) in [6, 6.07) is 6.35. The standard InChI is InChI=1S/C13H19FN2S/c1-3-8-16(9-4-2)13(17)15-12-7-5-6-11(14)10-12/h5-7,10H,3-4,8-9H2,1-2H3,(H,15,17). The van der Waals surface area contributed by atoms with E-state index in [-0.39, 0.29) is 5.82 Å². The maximum absolute atomic E-state index is 13.0. The summed E-state index contributed by atoms with van der Waals surface area (Å²) in [5.41, 5.74) is 0.701. The van der Waals surface area contributed by atoms with E-state index in [1.54, 1.807) is 6.07 Å². The van der Waals surface area contributed by atoms with E-state index in [2.05, 4.69) is 24.1 Å². The lowest BCUT2D eigenvalue weighted by Crippen LogP contribution is -2.35. The van der Waals surface area contributed by atoms with Crippen LogP contribution in [-0.2, 0) is 0 Å². The van der Waals surface area contributed by atoms with E-state index >= 15 is 0 Å². The van der Waals surface area contributed by atoms with Crippen molar-refractivity contribution in [3.05, 3.63) is 30.1 Å². The molecule has 4 heteroatoms. The highest BCUT2D eigenvalue weighted by atomic mass is 32.1. The molecule has 0 saturated carbocycles. The number of hydrogen-bond acceptors (Lipinski definition) is 1. The summed E-state index contributed by atoms with van der Waals surface area (Å²) in [4.78, 5) is 2.11. The van der Waals surface area contributed by atoms with Gasteiger partial charge in [-0.3, -0.25) is 0 Å². The summed E-state index contributed by atoms with van der Waals surface area (Å²) < 4.78 is 13.0. The second kappa shape index (κ2) is 7.22. The molecule has 0 aromatic heterocycles. The van der Waals surface area contributed by atoms with Crippen LogP contribution in [0.3, 0.4) is 0 Å². The van der Waals surface area contributed by atoms with Gasteiger partial charge in [-0.25, -0.2) is 4.39 Å². The fraction of sp³-hybridized carbons (Fsp3) is 0.462. The fourth-order valence-electron chi connectivity index (χ4n) is 1.62. The average molecular weight is 254 g/mol. The van der Waals surface area contributed by atoms with Crippen molar-refractivity contribution in [3.8, 4) is 0 Å². The largest absolute Gasteiger partial charge is 0.349 e. The third-order valence-electron chi connectivity index (χ3n) is 2.35. The van der Waals surface area contributed by atoms with Crippen molar-refractivity contribution in [2.24, 2.45) is 0 Å². The van der Waals surface area contributed by atoms with E-state index in [0.717, 1.165) is 25.9 Å². The molecule has 0 fully saturated rings. The molecule has 17 heavy (non-hydrogen) atoms. The fourth-order valence-corrected chi connectivity index (χ4v) is 1.92. The normalized spacial score (nSPS) is 10.1. The lowest BCUT2D eigenvalue weighted by molar-refractivity contribution is 0.423. The predicted octanol–water partition coefficient (Wildman–Crippen LogP) is 3.64. The van der Waals surface area contributed by atoms with Crippen LogP contribution in [-0.4, -0.2) is 23.1 Å². The predicted molar refractivity (Wildman–Crippen MR) is 74.8 cm³/mol. The van der Waals surface area contributed by atoms with Crippen LogP contribution in [0.25, 0.3) is 0 Å². The first-order chi connectivity index (χ1) is 8.17. The van der Waals surface area contributed by atoms with Crippen LogP contribution in [0.4, 0.5) is 10.1 Å². The Kier molecular flexibility index (Phi) is 5.91. The molecule has 0 radical (unpaired) electrons. The van der Waals surface area contributed by atoms with Crippen LogP contribution < -0.4 is 5.32 Å². The monoisotopic (exact) mass is 254 g/mol. The van der Waals surface area contributed by atoms with Gasteiger partial charge in [-0.05, 0) is 43.3 Å². The summed E-state index contributed by atoms with van der Waals surface area (Å²) in [5, 5.41) is 3.74. The van der Waals surface area contributed by atoms with E-state index in [1.165, 1.54) is 12.1 Å². The molecule has 0 heterocycles. The number of thiocarbonyl (C=S) groups is 1. The van der Waals surface area contributed by atoms with E-state index < -0.39 is 0 Å². The number of nitrogens with one attached hydrogen (secondary N) is 1. The van der Waals surface area contributed by atoms with Gasteiger partial charge in [0.25, 0.3) is 0 Å². The molecule has 0 spiro atoms. The van der Waals surface area contributed by atoms with Crippen LogP contribution in [0.1, 0.15) is 26.7 Å². The smallest absolute Gasteiger partial charge is 0.173 e. The van der Waals surface area contributed by atoms with Gasteiger partial charge in [-0.1, -0.05) is 19.9 Å². The molecule has 0 unspecified atom stereocenters.